The third-order valence-corrected chi connectivity index (χ3v) is 8.01. The molecule has 0 saturated carbocycles. The van der Waals surface area contributed by atoms with Crippen LogP contribution in [-0.2, 0) is 32.6 Å². The Morgan fingerprint density at radius 3 is 2.25 bits per heavy atom. The van der Waals surface area contributed by atoms with E-state index in [0.29, 0.717) is 12.2 Å². The average molecular weight is 586 g/mol. The van der Waals surface area contributed by atoms with E-state index < -0.39 is 28.5 Å². The van der Waals surface area contributed by atoms with Gasteiger partial charge in [-0.3, -0.25) is 13.9 Å². The molecule has 0 spiro atoms. The first-order valence-corrected chi connectivity index (χ1v) is 15.2. The standard InChI is InChI=1S/C30H36ClN3O5S/c1-5-22(2)32-30(36)28(19-23-12-7-6-8-13-23)33(20-24-14-11-15-25(18-24)39-3)29(35)21-34(40(4,37)38)27-17-10-9-16-26(27)31/h6-18,22,28H,5,19-21H2,1-4H3,(H,32,36)/t22-,28-/m0/s1. The largest absolute Gasteiger partial charge is 0.497 e. The lowest BCUT2D eigenvalue weighted by atomic mass is 10.0. The van der Waals surface area contributed by atoms with Crippen molar-refractivity contribution in [1.29, 1.82) is 0 Å². The van der Waals surface area contributed by atoms with Crippen LogP contribution in [0.4, 0.5) is 5.69 Å². The van der Waals surface area contributed by atoms with Gasteiger partial charge in [0.1, 0.15) is 18.3 Å². The van der Waals surface area contributed by atoms with Crippen molar-refractivity contribution in [3.05, 3.63) is 95.0 Å². The van der Waals surface area contributed by atoms with Crippen molar-refractivity contribution in [3.63, 3.8) is 0 Å². The van der Waals surface area contributed by atoms with Crippen molar-refractivity contribution >= 4 is 39.1 Å². The van der Waals surface area contributed by atoms with Gasteiger partial charge in [-0.2, -0.15) is 0 Å². The van der Waals surface area contributed by atoms with Gasteiger partial charge in [0.05, 0.1) is 24.1 Å². The van der Waals surface area contributed by atoms with Crippen molar-refractivity contribution in [2.24, 2.45) is 0 Å². The fourth-order valence-corrected chi connectivity index (χ4v) is 5.36. The molecule has 8 nitrogen and oxygen atoms in total. The molecule has 0 aliphatic rings. The molecule has 3 aromatic rings. The Morgan fingerprint density at radius 2 is 1.62 bits per heavy atom. The molecule has 0 bridgehead atoms. The lowest BCUT2D eigenvalue weighted by Gasteiger charge is -2.34. The van der Waals surface area contributed by atoms with Gasteiger partial charge in [-0.05, 0) is 48.7 Å². The molecule has 0 saturated heterocycles. The second-order valence-corrected chi connectivity index (χ2v) is 11.9. The number of ether oxygens (including phenoxy) is 1. The van der Waals surface area contributed by atoms with Crippen LogP contribution in [0.2, 0.25) is 5.02 Å². The highest BCUT2D eigenvalue weighted by Gasteiger charge is 2.33. The summed E-state index contributed by atoms with van der Waals surface area (Å²) in [5.41, 5.74) is 1.78. The Kier molecular flexibility index (Phi) is 11.0. The quantitative estimate of drug-likeness (QED) is 0.314. The maximum atomic E-state index is 14.1. The van der Waals surface area contributed by atoms with Gasteiger partial charge in [0.15, 0.2) is 0 Å². The van der Waals surface area contributed by atoms with E-state index in [9.17, 15) is 18.0 Å². The number of para-hydroxylation sites is 1. The van der Waals surface area contributed by atoms with Gasteiger partial charge < -0.3 is 15.0 Å². The smallest absolute Gasteiger partial charge is 0.244 e. The van der Waals surface area contributed by atoms with E-state index >= 15 is 0 Å². The Labute approximate surface area is 241 Å². The van der Waals surface area contributed by atoms with Crippen LogP contribution in [-0.4, -0.2) is 57.1 Å². The molecule has 3 aromatic carbocycles. The number of rotatable bonds is 13. The highest BCUT2D eigenvalue weighted by atomic mass is 35.5. The van der Waals surface area contributed by atoms with E-state index in [0.717, 1.165) is 21.7 Å². The van der Waals surface area contributed by atoms with Crippen LogP contribution in [0.15, 0.2) is 78.9 Å². The van der Waals surface area contributed by atoms with Crippen LogP contribution < -0.4 is 14.4 Å². The first-order chi connectivity index (χ1) is 19.0. The summed E-state index contributed by atoms with van der Waals surface area (Å²) in [7, 11) is -2.35. The number of amides is 2. The van der Waals surface area contributed by atoms with Crippen molar-refractivity contribution in [2.75, 3.05) is 24.2 Å². The van der Waals surface area contributed by atoms with Crippen LogP contribution in [0.1, 0.15) is 31.4 Å². The summed E-state index contributed by atoms with van der Waals surface area (Å²) in [4.78, 5) is 29.2. The molecule has 0 aromatic heterocycles. The Morgan fingerprint density at radius 1 is 0.975 bits per heavy atom. The summed E-state index contributed by atoms with van der Waals surface area (Å²) in [5, 5.41) is 3.20. The van der Waals surface area contributed by atoms with Gasteiger partial charge in [0, 0.05) is 19.0 Å². The monoisotopic (exact) mass is 585 g/mol. The van der Waals surface area contributed by atoms with Gasteiger partial charge in [-0.1, -0.05) is 73.1 Å². The second kappa shape index (κ2) is 14.2. The molecular weight excluding hydrogens is 550 g/mol. The number of carbonyl (C=O) groups is 2. The van der Waals surface area contributed by atoms with E-state index in [1.807, 2.05) is 50.2 Å². The zero-order valence-corrected chi connectivity index (χ0v) is 24.8. The lowest BCUT2D eigenvalue weighted by Crippen LogP contribution is -2.54. The Hall–Kier alpha value is -3.56. The average Bonchev–Trinajstić information content (AvgIpc) is 2.93. The van der Waals surface area contributed by atoms with Gasteiger partial charge >= 0.3 is 0 Å². The molecule has 2 atom stereocenters. The van der Waals surface area contributed by atoms with Crippen LogP contribution >= 0.6 is 11.6 Å². The molecule has 10 heteroatoms. The number of methoxy groups -OCH3 is 1. The number of nitrogens with zero attached hydrogens (tertiary/aromatic N) is 2. The first kappa shape index (κ1) is 31.0. The second-order valence-electron chi connectivity index (χ2n) is 9.62. The third-order valence-electron chi connectivity index (χ3n) is 6.56. The molecular formula is C30H36ClN3O5S. The molecule has 0 heterocycles. The number of benzene rings is 3. The Balaban J connectivity index is 2.08. The fourth-order valence-electron chi connectivity index (χ4n) is 4.21. The molecule has 3 rings (SSSR count). The predicted octanol–water partition coefficient (Wildman–Crippen LogP) is 4.67. The molecule has 0 radical (unpaired) electrons. The van der Waals surface area contributed by atoms with Gasteiger partial charge in [-0.15, -0.1) is 0 Å². The molecule has 0 unspecified atom stereocenters. The molecule has 2 amide bonds. The fraction of sp³-hybridized carbons (Fsp3) is 0.333. The zero-order chi connectivity index (χ0) is 29.3. The summed E-state index contributed by atoms with van der Waals surface area (Å²) in [6.45, 7) is 3.38. The topological polar surface area (TPSA) is 96.0 Å². The molecule has 214 valence electrons. The number of hydrogen-bond acceptors (Lipinski definition) is 5. The van der Waals surface area contributed by atoms with Crippen LogP contribution in [0.25, 0.3) is 0 Å². The lowest BCUT2D eigenvalue weighted by molar-refractivity contribution is -0.140. The van der Waals surface area contributed by atoms with E-state index in [-0.39, 0.29) is 35.6 Å². The molecule has 0 fully saturated rings. The molecule has 0 aliphatic heterocycles. The maximum absolute atomic E-state index is 14.1. The minimum absolute atomic E-state index is 0.0571. The number of halogens is 1. The van der Waals surface area contributed by atoms with Gasteiger partial charge in [0.25, 0.3) is 0 Å². The number of sulfonamides is 1. The highest BCUT2D eigenvalue weighted by Crippen LogP contribution is 2.28. The van der Waals surface area contributed by atoms with Crippen LogP contribution in [0.3, 0.4) is 0 Å². The minimum atomic E-state index is -3.90. The number of carbonyl (C=O) groups excluding carboxylic acids is 2. The minimum Gasteiger partial charge on any atom is -0.497 e. The van der Waals surface area contributed by atoms with E-state index in [1.54, 1.807) is 49.6 Å². The summed E-state index contributed by atoms with van der Waals surface area (Å²) in [6.07, 6.45) is 1.97. The number of anilines is 1. The van der Waals surface area contributed by atoms with Crippen LogP contribution in [0, 0.1) is 0 Å². The zero-order valence-electron chi connectivity index (χ0n) is 23.2. The van der Waals surface area contributed by atoms with E-state index in [2.05, 4.69) is 5.32 Å². The van der Waals surface area contributed by atoms with Crippen LogP contribution in [0.5, 0.6) is 5.75 Å². The Bertz CT molecular complexity index is 1400. The van der Waals surface area contributed by atoms with E-state index in [1.165, 1.54) is 4.90 Å². The van der Waals surface area contributed by atoms with Gasteiger partial charge in [0.2, 0.25) is 21.8 Å². The van der Waals surface area contributed by atoms with Crippen molar-refractivity contribution in [1.82, 2.24) is 10.2 Å². The van der Waals surface area contributed by atoms with Crippen molar-refractivity contribution in [3.8, 4) is 5.75 Å². The maximum Gasteiger partial charge on any atom is 0.244 e. The molecule has 40 heavy (non-hydrogen) atoms. The van der Waals surface area contributed by atoms with Crippen molar-refractivity contribution in [2.45, 2.75) is 45.3 Å². The molecule has 1 N–H and O–H groups in total. The highest BCUT2D eigenvalue weighted by molar-refractivity contribution is 7.92. The summed E-state index contributed by atoms with van der Waals surface area (Å²) >= 11 is 6.34. The third kappa shape index (κ3) is 8.47. The predicted molar refractivity (Wildman–Crippen MR) is 159 cm³/mol. The van der Waals surface area contributed by atoms with E-state index in [4.69, 9.17) is 16.3 Å². The summed E-state index contributed by atoms with van der Waals surface area (Å²) in [5.74, 6) is -0.270. The normalized spacial score (nSPS) is 12.7. The SMILES string of the molecule is CC[C@H](C)NC(=O)[C@H](Cc1ccccc1)N(Cc1cccc(OC)c1)C(=O)CN(c1ccccc1Cl)S(C)(=O)=O. The van der Waals surface area contributed by atoms with Crippen molar-refractivity contribution < 1.29 is 22.7 Å². The summed E-state index contributed by atoms with van der Waals surface area (Å²) < 4.78 is 32.1. The number of hydrogen-bond donors (Lipinski definition) is 1. The number of nitrogens with one attached hydrogen (secondary N) is 1. The van der Waals surface area contributed by atoms with Gasteiger partial charge in [-0.25, -0.2) is 8.42 Å². The summed E-state index contributed by atoms with van der Waals surface area (Å²) in [6, 6.07) is 22.0. The molecule has 0 aliphatic carbocycles. The first-order valence-electron chi connectivity index (χ1n) is 13.0.